The fraction of sp³-hybridized carbons (Fsp3) is 0.378. The van der Waals surface area contributed by atoms with Crippen molar-refractivity contribution in [1.29, 1.82) is 0 Å². The second-order valence-electron chi connectivity index (χ2n) is 15.3. The highest BCUT2D eigenvalue weighted by Gasteiger charge is 2.45. The third kappa shape index (κ3) is 12.3. The Morgan fingerprint density at radius 3 is 1.35 bits per heavy atom. The second kappa shape index (κ2) is 24.3. The molecule has 8 rings (SSSR count). The maximum absolute atomic E-state index is 10.5. The summed E-state index contributed by atoms with van der Waals surface area (Å²) < 4.78 is 22.8. The van der Waals surface area contributed by atoms with E-state index in [1.807, 2.05) is 56.3 Å². The van der Waals surface area contributed by atoms with Gasteiger partial charge in [-0.3, -0.25) is 0 Å². The number of ether oxygens (including phenoxy) is 2. The molecule has 2 aliphatic rings. The van der Waals surface area contributed by atoms with E-state index >= 15 is 0 Å². The summed E-state index contributed by atoms with van der Waals surface area (Å²) in [4.78, 5) is 0. The Kier molecular flexibility index (Phi) is 20.1. The highest BCUT2D eigenvalue weighted by molar-refractivity contribution is 14.0. The van der Waals surface area contributed by atoms with Crippen molar-refractivity contribution in [1.82, 2.24) is 20.4 Å². The zero-order valence-electron chi connectivity index (χ0n) is 35.5. The Hall–Kier alpha value is -4.05. The molecule has 66 heavy (non-hydrogen) atoms. The van der Waals surface area contributed by atoms with Crippen LogP contribution in [-0.4, -0.2) is 140 Å². The standard InChI is InChI=1S/C22H24N2O6.C13H17BrO5.C9H9BN2O3.CH4.HI/c1-11-15(13-6-8-14(9-7-13)22-24-23-12(2)29-22)4-3-5-16(11)21-20(28)19(27)18(26)17(10-25)30-21;1-6-7(3-2-4-8(6)14)13-12(18)11(17)10(16)9(5-15)19-13;1-6-11-12-9(15-6)7-2-4-8(5-3-7)10(13)14;;/h3-9,17-21,25-28H,10H2,1-2H3;2-4,9-13,15-18H,5H2,1H3;2-5,13-14H,1H3;1H4;1H/t17-,18-,19+,20+,21-;9-,10-,11+,12+,13-;;;/m11.../s1. The molecule has 0 spiro atoms. The Bertz CT molecular complexity index is 2440. The van der Waals surface area contributed by atoms with Crippen molar-refractivity contribution >= 4 is 52.5 Å². The lowest BCUT2D eigenvalue weighted by Gasteiger charge is -2.40. The average Bonchev–Trinajstić information content (AvgIpc) is 3.95. The number of rotatable bonds is 8. The Morgan fingerprint density at radius 1 is 0.530 bits per heavy atom. The molecule has 0 radical (unpaired) electrons. The van der Waals surface area contributed by atoms with Crippen molar-refractivity contribution in [2.45, 2.75) is 96.2 Å². The lowest BCUT2D eigenvalue weighted by Crippen LogP contribution is -2.55. The molecule has 0 saturated carbocycles. The van der Waals surface area contributed by atoms with Gasteiger partial charge in [-0.15, -0.1) is 44.4 Å². The van der Waals surface area contributed by atoms with E-state index in [0.717, 1.165) is 37.9 Å². The van der Waals surface area contributed by atoms with Crippen LogP contribution in [0.25, 0.3) is 34.0 Å². The van der Waals surface area contributed by atoms with E-state index in [0.29, 0.717) is 40.2 Å². The van der Waals surface area contributed by atoms with Gasteiger partial charge in [-0.1, -0.05) is 78.0 Å². The summed E-state index contributed by atoms with van der Waals surface area (Å²) in [6.07, 6.45) is -11.5. The minimum atomic E-state index is -1.46. The predicted octanol–water partition coefficient (Wildman–Crippen LogP) is 2.79. The van der Waals surface area contributed by atoms with E-state index in [-0.39, 0.29) is 31.4 Å². The third-order valence-corrected chi connectivity index (χ3v) is 11.9. The predicted molar refractivity (Wildman–Crippen MR) is 255 cm³/mol. The number of hydrogen-bond donors (Lipinski definition) is 10. The molecule has 10 N–H and O–H groups in total. The first-order valence-electron chi connectivity index (χ1n) is 20.2. The first kappa shape index (κ1) is 54.6. The number of aliphatic hydroxyl groups is 8. The van der Waals surface area contributed by atoms with E-state index in [1.165, 1.54) is 0 Å². The van der Waals surface area contributed by atoms with Crippen molar-refractivity contribution in [3.8, 4) is 34.0 Å². The van der Waals surface area contributed by atoms with Crippen LogP contribution < -0.4 is 5.46 Å². The van der Waals surface area contributed by atoms with E-state index in [4.69, 9.17) is 33.5 Å². The first-order valence-corrected chi connectivity index (χ1v) is 21.0. The molecule has 4 aromatic carbocycles. The number of aromatic nitrogens is 4. The Balaban J connectivity index is 0.000000229. The first-order chi connectivity index (χ1) is 30.5. The zero-order chi connectivity index (χ0) is 46.4. The van der Waals surface area contributed by atoms with Crippen molar-refractivity contribution in [2.75, 3.05) is 13.2 Å². The van der Waals surface area contributed by atoms with Crippen molar-refractivity contribution in [2.24, 2.45) is 0 Å². The van der Waals surface area contributed by atoms with Gasteiger partial charge in [0.25, 0.3) is 0 Å². The molecular weight excluding hydrogens is 1040 g/mol. The van der Waals surface area contributed by atoms with Crippen molar-refractivity contribution in [3.05, 3.63) is 123 Å². The van der Waals surface area contributed by atoms with Crippen LogP contribution in [0.5, 0.6) is 0 Å². The minimum absolute atomic E-state index is 0. The normalized spacial score (nSPS) is 24.7. The molecule has 10 atom stereocenters. The summed E-state index contributed by atoms with van der Waals surface area (Å²) in [6.45, 7) is 6.33. The summed E-state index contributed by atoms with van der Waals surface area (Å²) in [5.41, 5.74) is 7.00. The number of hydrogen-bond acceptors (Lipinski definition) is 18. The largest absolute Gasteiger partial charge is 0.488 e. The summed E-state index contributed by atoms with van der Waals surface area (Å²) in [6, 6.07) is 25.3. The number of benzene rings is 4. The zero-order valence-corrected chi connectivity index (χ0v) is 39.4. The van der Waals surface area contributed by atoms with Gasteiger partial charge in [0.05, 0.1) is 13.2 Å². The van der Waals surface area contributed by atoms with Gasteiger partial charge < -0.3 is 69.2 Å². The Labute approximate surface area is 406 Å². The van der Waals surface area contributed by atoms with Crippen molar-refractivity contribution in [3.63, 3.8) is 0 Å². The number of aliphatic hydroxyl groups excluding tert-OH is 8. The molecule has 0 amide bonds. The van der Waals surface area contributed by atoms with Crippen LogP contribution in [0.3, 0.4) is 0 Å². The molecule has 356 valence electrons. The molecule has 6 aromatic rings. The smallest absolute Gasteiger partial charge is 0.423 e. The number of aryl methyl sites for hydroxylation is 2. The van der Waals surface area contributed by atoms with Gasteiger partial charge in [0.2, 0.25) is 23.6 Å². The van der Waals surface area contributed by atoms with E-state index in [2.05, 4.69) is 36.3 Å². The van der Waals surface area contributed by atoms with Gasteiger partial charge in [-0.2, -0.15) is 0 Å². The highest BCUT2D eigenvalue weighted by Crippen LogP contribution is 2.38. The van der Waals surface area contributed by atoms with Crippen LogP contribution in [0.2, 0.25) is 0 Å². The molecule has 0 bridgehead atoms. The number of halogens is 2. The van der Waals surface area contributed by atoms with Gasteiger partial charge >= 0.3 is 7.12 Å². The van der Waals surface area contributed by atoms with Crippen LogP contribution in [0.15, 0.2) is 98.2 Å². The quantitative estimate of drug-likeness (QED) is 0.0774. The topological polar surface area (TPSA) is 299 Å². The lowest BCUT2D eigenvalue weighted by molar-refractivity contribution is -0.231. The SMILES string of the molecule is C.Cc1c(Br)cccc1[C@H]1O[C@H](CO)[C@@H](O)[C@H](O)[C@@H]1O.Cc1nnc(-c2ccc(-c3cccc([C@H]4O[C@H](CO)[C@@H](O)[C@H](O)[C@@H]4O)c3C)cc2)o1.Cc1nnc(-c2ccc(B(O)O)cc2)o1.I. The van der Waals surface area contributed by atoms with Crippen LogP contribution in [0, 0.1) is 27.7 Å². The summed E-state index contributed by atoms with van der Waals surface area (Å²) in [5.74, 6) is 1.87. The van der Waals surface area contributed by atoms with E-state index in [1.54, 1.807) is 56.3 Å². The maximum atomic E-state index is 10.5. The molecule has 0 unspecified atom stereocenters. The fourth-order valence-corrected chi connectivity index (χ4v) is 7.72. The van der Waals surface area contributed by atoms with E-state index in [9.17, 15) is 35.7 Å². The maximum Gasteiger partial charge on any atom is 0.488 e. The monoisotopic (exact) mass is 1090 g/mol. The molecule has 21 heteroatoms. The van der Waals surface area contributed by atoms with Gasteiger partial charge in [-0.05, 0) is 83.0 Å². The second-order valence-corrected chi connectivity index (χ2v) is 16.2. The lowest BCUT2D eigenvalue weighted by atomic mass is 9.80. The molecule has 2 fully saturated rings. The van der Waals surface area contributed by atoms with Crippen LogP contribution in [-0.2, 0) is 9.47 Å². The molecule has 4 heterocycles. The van der Waals surface area contributed by atoms with Gasteiger partial charge in [0, 0.05) is 29.4 Å². The average molecular weight is 1090 g/mol. The third-order valence-electron chi connectivity index (χ3n) is 11.0. The minimum Gasteiger partial charge on any atom is -0.423 e. The fourth-order valence-electron chi connectivity index (χ4n) is 7.34. The molecular formula is C45H55BBrIN4O14. The van der Waals surface area contributed by atoms with Crippen LogP contribution >= 0.6 is 39.9 Å². The molecule has 0 aliphatic carbocycles. The van der Waals surface area contributed by atoms with Crippen LogP contribution in [0.4, 0.5) is 0 Å². The van der Waals surface area contributed by atoms with Crippen molar-refractivity contribution < 1.29 is 69.2 Å². The van der Waals surface area contributed by atoms with Crippen LogP contribution in [0.1, 0.15) is 53.7 Å². The summed E-state index contributed by atoms with van der Waals surface area (Å²) in [7, 11) is -1.46. The molecule has 2 saturated heterocycles. The Morgan fingerprint density at radius 2 is 0.939 bits per heavy atom. The van der Waals surface area contributed by atoms with Gasteiger partial charge in [-0.25, -0.2) is 0 Å². The molecule has 18 nitrogen and oxygen atoms in total. The number of nitrogens with zero attached hydrogens (tertiary/aromatic N) is 4. The molecule has 2 aromatic heterocycles. The highest BCUT2D eigenvalue weighted by atomic mass is 127. The summed E-state index contributed by atoms with van der Waals surface area (Å²) in [5, 5.41) is 112. The van der Waals surface area contributed by atoms with E-state index < -0.39 is 81.4 Å². The van der Waals surface area contributed by atoms with Gasteiger partial charge in [0.15, 0.2) is 0 Å². The van der Waals surface area contributed by atoms with Gasteiger partial charge in [0.1, 0.15) is 61.0 Å². The summed E-state index contributed by atoms with van der Waals surface area (Å²) >= 11 is 3.39. The molecule has 2 aliphatic heterocycles.